The molecule has 1 heterocycles. The lowest BCUT2D eigenvalue weighted by Gasteiger charge is -2.40. The van der Waals surface area contributed by atoms with Gasteiger partial charge in [0.05, 0.1) is 37.7 Å². The van der Waals surface area contributed by atoms with Crippen LogP contribution in [0.15, 0.2) is 211 Å². The number of hydrogen-bond donors (Lipinski definition) is 0. The summed E-state index contributed by atoms with van der Waals surface area (Å²) in [7, 11) is -6.28. The number of nitrogens with zero attached hydrogens (tertiary/aromatic N) is 2. The van der Waals surface area contributed by atoms with Gasteiger partial charge in [-0.1, -0.05) is 227 Å². The first kappa shape index (κ1) is 50.2. The zero-order valence-corrected chi connectivity index (χ0v) is 51.4. The first-order chi connectivity index (χ1) is 37.2. The highest BCUT2D eigenvalue weighted by Crippen LogP contribution is 2.64. The van der Waals surface area contributed by atoms with Crippen molar-refractivity contribution in [2.75, 3.05) is 9.80 Å². The highest BCUT2D eigenvalue weighted by atomic mass is 28.3. The molecule has 0 saturated heterocycles. The third-order valence-corrected chi connectivity index (χ3v) is 25.4. The van der Waals surface area contributed by atoms with Crippen LogP contribution in [0.1, 0.15) is 22.3 Å². The number of para-hydroxylation sites is 1. The highest BCUT2D eigenvalue weighted by molar-refractivity contribution is 6.90. The summed E-state index contributed by atoms with van der Waals surface area (Å²) in [6.45, 7) is 29.2. The van der Waals surface area contributed by atoms with E-state index in [9.17, 15) is 0 Å². The van der Waals surface area contributed by atoms with Gasteiger partial charge in [0.15, 0.2) is 0 Å². The fraction of sp³-hybridized carbons (Fsp3) is 0.183. The van der Waals surface area contributed by atoms with E-state index in [1.165, 1.54) is 76.0 Å². The lowest BCUT2D eigenvalue weighted by Crippen LogP contribution is -2.37. The molecule has 0 fully saturated rings. The van der Waals surface area contributed by atoms with Gasteiger partial charge in [-0.2, -0.15) is 0 Å². The van der Waals surface area contributed by atoms with Crippen molar-refractivity contribution < 1.29 is 4.42 Å². The second-order valence-electron chi connectivity index (χ2n) is 26.2. The van der Waals surface area contributed by atoms with Gasteiger partial charge in [-0.3, -0.25) is 0 Å². The molecule has 0 radical (unpaired) electrons. The fourth-order valence-electron chi connectivity index (χ4n) is 12.9. The molecule has 0 N–H and O–H groups in total. The zero-order valence-electron chi connectivity index (χ0n) is 47.4. The zero-order chi connectivity index (χ0) is 54.3. The largest absolute Gasteiger partial charge is 0.455 e. The Morgan fingerprint density at radius 1 is 0.321 bits per heavy atom. The second-order valence-corrected chi connectivity index (χ2v) is 46.5. The lowest BCUT2D eigenvalue weighted by atomic mass is 9.61. The highest BCUT2D eigenvalue weighted by Gasteiger charge is 2.51. The quantitative estimate of drug-likeness (QED) is 0.127. The molecule has 78 heavy (non-hydrogen) atoms. The Balaban J connectivity index is 1.12. The molecule has 0 amide bonds. The third-order valence-electron chi connectivity index (χ3n) is 17.1. The molecule has 3 nitrogen and oxygen atoms in total. The molecule has 2 aliphatic rings. The van der Waals surface area contributed by atoms with Gasteiger partial charge in [0.1, 0.15) is 11.2 Å². The van der Waals surface area contributed by atoms with Crippen LogP contribution < -0.4 is 30.5 Å². The van der Waals surface area contributed by atoms with Crippen molar-refractivity contribution >= 4 is 120 Å². The predicted octanol–water partition coefficient (Wildman–Crippen LogP) is 18.2. The summed E-state index contributed by atoms with van der Waals surface area (Å²) in [5, 5.41) is 10.6. The summed E-state index contributed by atoms with van der Waals surface area (Å²) in [6, 6.07) is 79.9. The molecule has 1 spiro atoms. The Kier molecular flexibility index (Phi) is 11.5. The van der Waals surface area contributed by atoms with Crippen molar-refractivity contribution in [1.82, 2.24) is 0 Å². The van der Waals surface area contributed by atoms with Gasteiger partial charge in [-0.05, 0) is 129 Å². The second kappa shape index (κ2) is 17.9. The van der Waals surface area contributed by atoms with Gasteiger partial charge >= 0.3 is 0 Å². The van der Waals surface area contributed by atoms with E-state index in [1.807, 2.05) is 0 Å². The third kappa shape index (κ3) is 7.98. The van der Waals surface area contributed by atoms with Crippen molar-refractivity contribution in [3.05, 3.63) is 229 Å². The van der Waals surface area contributed by atoms with E-state index in [2.05, 4.69) is 295 Å². The Morgan fingerprint density at radius 2 is 0.731 bits per heavy atom. The summed E-state index contributed by atoms with van der Waals surface area (Å²) >= 11 is 0. The van der Waals surface area contributed by atoms with Gasteiger partial charge in [-0.15, -0.1) is 0 Å². The van der Waals surface area contributed by atoms with Crippen LogP contribution in [-0.4, -0.2) is 32.3 Å². The topological polar surface area (TPSA) is 19.6 Å². The Bertz CT molecular complexity index is 3880. The molecule has 2 aliphatic carbocycles. The molecule has 0 atom stereocenters. The van der Waals surface area contributed by atoms with Crippen molar-refractivity contribution in [2.45, 2.75) is 84.0 Å². The van der Waals surface area contributed by atoms with Crippen LogP contribution in [0.25, 0.3) is 55.0 Å². The van der Waals surface area contributed by atoms with Crippen LogP contribution in [0.3, 0.4) is 0 Å². The molecule has 10 aromatic carbocycles. The SMILES string of the molecule is C[Si](C)(C)c1ccc(N(c2ccc([Si](C)(C)C)cc2)c2ccc3c(c2)C2(c4cc(N(c5ccc([Si](C)(C)C)cc5)c5ccc([Si](C)(C)C)cc5)ccc4-3)c3ccc4c(oc5ccccc54)c3-c3cccc4cccc2c34)cc1. The van der Waals surface area contributed by atoms with E-state index in [4.69, 9.17) is 4.42 Å². The van der Waals surface area contributed by atoms with Crippen LogP contribution in [0, 0.1) is 0 Å². The molecule has 0 unspecified atom stereocenters. The molecular weight excluding hydrogens is 1010 g/mol. The Hall–Kier alpha value is -7.27. The standard InChI is InChI=1S/C71H70N2OSi4/c1-75(2,3)54-33-23-48(24-34-54)72(49-25-35-55(36-26-49)76(4,5)6)52-31-41-58-59-42-32-53(73(50-27-37-56(38-28-50)77(7,8)9)51-29-39-57(40-30-51)78(10,11)12)46-66(59)71(65(58)45-52)63-21-16-18-47-17-15-20-62(68(47)63)69-64(71)44-43-61-60-19-13-14-22-67(60)74-70(61)69/h13-46H,1-12H3. The molecule has 0 saturated carbocycles. The smallest absolute Gasteiger partial charge is 0.143 e. The van der Waals surface area contributed by atoms with Crippen molar-refractivity contribution in [3.8, 4) is 22.3 Å². The number of anilines is 6. The minimum atomic E-state index is -1.57. The average Bonchev–Trinajstić information content (AvgIpc) is 3.77. The first-order valence-electron chi connectivity index (χ1n) is 28.0. The lowest BCUT2D eigenvalue weighted by molar-refractivity contribution is 0.667. The van der Waals surface area contributed by atoms with E-state index < -0.39 is 37.7 Å². The van der Waals surface area contributed by atoms with E-state index in [0.717, 1.165) is 56.1 Å². The number of rotatable bonds is 10. The summed E-state index contributed by atoms with van der Waals surface area (Å²) in [5.74, 6) is 0. The summed E-state index contributed by atoms with van der Waals surface area (Å²) in [4.78, 5) is 5.00. The van der Waals surface area contributed by atoms with Gasteiger partial charge in [0.2, 0.25) is 0 Å². The molecule has 386 valence electrons. The minimum absolute atomic E-state index is 0.753. The predicted molar refractivity (Wildman–Crippen MR) is 349 cm³/mol. The van der Waals surface area contributed by atoms with E-state index in [-0.39, 0.29) is 0 Å². The Labute approximate surface area is 465 Å². The monoisotopic (exact) mass is 1080 g/mol. The van der Waals surface area contributed by atoms with E-state index in [0.29, 0.717) is 0 Å². The van der Waals surface area contributed by atoms with Gasteiger partial charge in [0, 0.05) is 50.5 Å². The van der Waals surface area contributed by atoms with Crippen molar-refractivity contribution in [2.24, 2.45) is 0 Å². The Morgan fingerprint density at radius 3 is 1.17 bits per heavy atom. The number of hydrogen-bond acceptors (Lipinski definition) is 3. The molecule has 0 aliphatic heterocycles. The van der Waals surface area contributed by atoms with Crippen molar-refractivity contribution in [1.29, 1.82) is 0 Å². The maximum absolute atomic E-state index is 7.16. The minimum Gasteiger partial charge on any atom is -0.455 e. The van der Waals surface area contributed by atoms with Crippen LogP contribution in [0.5, 0.6) is 0 Å². The van der Waals surface area contributed by atoms with Crippen LogP contribution >= 0.6 is 0 Å². The average molecular weight is 1080 g/mol. The van der Waals surface area contributed by atoms with Crippen LogP contribution in [-0.2, 0) is 5.41 Å². The fourth-order valence-corrected chi connectivity index (χ4v) is 17.5. The van der Waals surface area contributed by atoms with Gasteiger partial charge in [0.25, 0.3) is 0 Å². The summed E-state index contributed by atoms with van der Waals surface area (Å²) in [6.07, 6.45) is 0. The van der Waals surface area contributed by atoms with Crippen molar-refractivity contribution in [3.63, 3.8) is 0 Å². The maximum atomic E-state index is 7.16. The van der Waals surface area contributed by atoms with Crippen LogP contribution in [0.2, 0.25) is 78.6 Å². The summed E-state index contributed by atoms with van der Waals surface area (Å²) in [5.41, 5.74) is 18.0. The normalized spacial score (nSPS) is 13.7. The van der Waals surface area contributed by atoms with E-state index in [1.54, 1.807) is 0 Å². The number of fused-ring (bicyclic) bond motifs is 13. The molecule has 1 aromatic heterocycles. The van der Waals surface area contributed by atoms with Crippen LogP contribution in [0.4, 0.5) is 34.1 Å². The molecular formula is C71H70N2OSi4. The summed E-state index contributed by atoms with van der Waals surface area (Å²) < 4.78 is 7.16. The van der Waals surface area contributed by atoms with E-state index >= 15 is 0 Å². The number of furan rings is 1. The van der Waals surface area contributed by atoms with Gasteiger partial charge in [-0.25, -0.2) is 0 Å². The molecule has 7 heteroatoms. The first-order valence-corrected chi connectivity index (χ1v) is 42.0. The maximum Gasteiger partial charge on any atom is 0.143 e. The van der Waals surface area contributed by atoms with Gasteiger partial charge < -0.3 is 14.2 Å². The molecule has 0 bridgehead atoms. The molecule has 11 aromatic rings. The molecule has 13 rings (SSSR count). The number of benzene rings is 10.